The second kappa shape index (κ2) is 8.61. The molecule has 0 unspecified atom stereocenters. The molecule has 31 heavy (non-hydrogen) atoms. The smallest absolute Gasteiger partial charge is 0.293 e. The Kier molecular flexibility index (Phi) is 5.73. The van der Waals surface area contributed by atoms with Crippen molar-refractivity contribution in [1.82, 2.24) is 24.7 Å². The molecular formula is C22H20ClN5O3. The van der Waals surface area contributed by atoms with Gasteiger partial charge in [0.1, 0.15) is 23.6 Å². The van der Waals surface area contributed by atoms with Gasteiger partial charge in [-0.2, -0.15) is 10.2 Å². The lowest BCUT2D eigenvalue weighted by Crippen LogP contribution is -2.34. The van der Waals surface area contributed by atoms with Gasteiger partial charge >= 0.3 is 0 Å². The highest BCUT2D eigenvalue weighted by atomic mass is 35.5. The van der Waals surface area contributed by atoms with E-state index >= 15 is 0 Å². The van der Waals surface area contributed by atoms with E-state index in [0.29, 0.717) is 28.6 Å². The summed E-state index contributed by atoms with van der Waals surface area (Å²) in [5, 5.41) is 12.2. The summed E-state index contributed by atoms with van der Waals surface area (Å²) in [5.74, 6) is 0.917. The van der Waals surface area contributed by atoms with E-state index in [0.717, 1.165) is 21.6 Å². The van der Waals surface area contributed by atoms with E-state index in [-0.39, 0.29) is 18.0 Å². The highest BCUT2D eigenvalue weighted by molar-refractivity contribution is 6.30. The number of methoxy groups -OCH3 is 1. The molecule has 0 bridgehead atoms. The van der Waals surface area contributed by atoms with E-state index < -0.39 is 0 Å². The zero-order valence-electron chi connectivity index (χ0n) is 17.0. The maximum Gasteiger partial charge on any atom is 0.293 e. The molecule has 0 saturated heterocycles. The molecule has 4 rings (SSSR count). The lowest BCUT2D eigenvalue weighted by atomic mass is 10.1. The Hall–Kier alpha value is -3.65. The van der Waals surface area contributed by atoms with Crippen LogP contribution in [0.3, 0.4) is 0 Å². The van der Waals surface area contributed by atoms with Gasteiger partial charge < -0.3 is 10.1 Å². The molecule has 0 fully saturated rings. The third-order valence-corrected chi connectivity index (χ3v) is 5.07. The number of ether oxygens (including phenoxy) is 1. The number of carbonyl (C=O) groups is 1. The van der Waals surface area contributed by atoms with Gasteiger partial charge in [0.2, 0.25) is 5.91 Å². The van der Waals surface area contributed by atoms with Crippen molar-refractivity contribution in [3.05, 3.63) is 81.4 Å². The quantitative estimate of drug-likeness (QED) is 0.501. The Morgan fingerprint density at radius 2 is 1.81 bits per heavy atom. The van der Waals surface area contributed by atoms with Crippen LogP contribution < -0.4 is 15.6 Å². The summed E-state index contributed by atoms with van der Waals surface area (Å²) in [4.78, 5) is 25.3. The number of amides is 1. The molecule has 0 radical (unpaired) electrons. The molecule has 2 heterocycles. The van der Waals surface area contributed by atoms with Gasteiger partial charge in [-0.3, -0.25) is 9.59 Å². The first kappa shape index (κ1) is 20.6. The van der Waals surface area contributed by atoms with Crippen LogP contribution in [0.25, 0.3) is 16.8 Å². The number of aryl methyl sites for hydroxylation is 1. The monoisotopic (exact) mass is 437 g/mol. The molecule has 158 valence electrons. The molecule has 0 atom stereocenters. The first-order chi connectivity index (χ1) is 14.9. The molecule has 8 nitrogen and oxygen atoms in total. The second-order valence-electron chi connectivity index (χ2n) is 6.97. The number of hydrogen-bond donors (Lipinski definition) is 1. The largest absolute Gasteiger partial charge is 0.497 e. The van der Waals surface area contributed by atoms with Crippen LogP contribution in [0.15, 0.2) is 59.4 Å². The summed E-state index contributed by atoms with van der Waals surface area (Å²) in [5.41, 5.74) is 2.35. The van der Waals surface area contributed by atoms with Crippen molar-refractivity contribution in [2.45, 2.75) is 20.0 Å². The molecule has 9 heteroatoms. The molecule has 0 saturated carbocycles. The molecule has 1 N–H and O–H groups in total. The standard InChI is InChI=1S/C22H20ClN5O3/c1-14-25-27(13-21(29)24-12-15-3-7-17(23)8-4-15)22(30)20-11-19(26-28(14)20)16-5-9-18(31-2)10-6-16/h3-11H,12-13H2,1-2H3,(H,24,29). The normalized spacial score (nSPS) is 10.9. The average Bonchev–Trinajstić information content (AvgIpc) is 3.23. The summed E-state index contributed by atoms with van der Waals surface area (Å²) in [6.07, 6.45) is 0. The fraction of sp³-hybridized carbons (Fsp3) is 0.182. The van der Waals surface area contributed by atoms with E-state index in [1.807, 2.05) is 36.4 Å². The molecule has 1 amide bonds. The number of benzene rings is 2. The van der Waals surface area contributed by atoms with E-state index in [1.54, 1.807) is 32.2 Å². The van der Waals surface area contributed by atoms with Gasteiger partial charge in [0.05, 0.1) is 12.8 Å². The molecule has 2 aromatic heterocycles. The van der Waals surface area contributed by atoms with Crippen LogP contribution in [-0.2, 0) is 17.9 Å². The minimum absolute atomic E-state index is 0.188. The number of hydrogen-bond acceptors (Lipinski definition) is 5. The number of nitrogens with zero attached hydrogens (tertiary/aromatic N) is 4. The van der Waals surface area contributed by atoms with Gasteiger partial charge in [-0.05, 0) is 55.0 Å². The Morgan fingerprint density at radius 1 is 1.10 bits per heavy atom. The van der Waals surface area contributed by atoms with Crippen molar-refractivity contribution >= 4 is 23.0 Å². The minimum atomic E-state index is -0.389. The Bertz CT molecular complexity index is 1290. The highest BCUT2D eigenvalue weighted by Gasteiger charge is 2.15. The highest BCUT2D eigenvalue weighted by Crippen LogP contribution is 2.22. The lowest BCUT2D eigenvalue weighted by molar-refractivity contribution is -0.122. The first-order valence-electron chi connectivity index (χ1n) is 9.57. The SMILES string of the molecule is COc1ccc(-c2cc3c(=O)n(CC(=O)NCc4ccc(Cl)cc4)nc(C)n3n2)cc1. The predicted octanol–water partition coefficient (Wildman–Crippen LogP) is 2.84. The molecule has 4 aromatic rings. The fourth-order valence-electron chi connectivity index (χ4n) is 3.18. The Morgan fingerprint density at radius 3 is 2.48 bits per heavy atom. The van der Waals surface area contributed by atoms with Gasteiger partial charge in [-0.25, -0.2) is 9.20 Å². The summed E-state index contributed by atoms with van der Waals surface area (Å²) in [6, 6.07) is 16.3. The van der Waals surface area contributed by atoms with Gasteiger partial charge in [-0.1, -0.05) is 23.7 Å². The third kappa shape index (κ3) is 4.44. The van der Waals surface area contributed by atoms with Crippen molar-refractivity contribution in [3.63, 3.8) is 0 Å². The second-order valence-corrected chi connectivity index (χ2v) is 7.40. The van der Waals surface area contributed by atoms with E-state index in [1.165, 1.54) is 4.52 Å². The van der Waals surface area contributed by atoms with Crippen LogP contribution in [-0.4, -0.2) is 32.4 Å². The van der Waals surface area contributed by atoms with Gasteiger partial charge in [0, 0.05) is 17.1 Å². The summed E-state index contributed by atoms with van der Waals surface area (Å²) in [6.45, 7) is 1.88. The molecule has 0 aliphatic carbocycles. The predicted molar refractivity (Wildman–Crippen MR) is 117 cm³/mol. The van der Waals surface area contributed by atoms with Crippen LogP contribution in [0.2, 0.25) is 5.02 Å². The number of halogens is 1. The maximum absolute atomic E-state index is 12.9. The van der Waals surface area contributed by atoms with Gasteiger partial charge in [0.15, 0.2) is 0 Å². The molecule has 0 spiro atoms. The number of aromatic nitrogens is 4. The number of fused-ring (bicyclic) bond motifs is 1. The molecular weight excluding hydrogens is 418 g/mol. The van der Waals surface area contributed by atoms with Crippen LogP contribution in [0.5, 0.6) is 5.75 Å². The first-order valence-corrected chi connectivity index (χ1v) is 9.95. The van der Waals surface area contributed by atoms with Crippen molar-refractivity contribution in [2.24, 2.45) is 0 Å². The summed E-state index contributed by atoms with van der Waals surface area (Å²) in [7, 11) is 1.60. The van der Waals surface area contributed by atoms with Crippen molar-refractivity contribution in [2.75, 3.05) is 7.11 Å². The van der Waals surface area contributed by atoms with Crippen molar-refractivity contribution in [1.29, 1.82) is 0 Å². The lowest BCUT2D eigenvalue weighted by Gasteiger charge is -2.08. The van der Waals surface area contributed by atoms with E-state index in [9.17, 15) is 9.59 Å². The number of rotatable bonds is 6. The zero-order valence-corrected chi connectivity index (χ0v) is 17.8. The molecule has 0 aliphatic heterocycles. The average molecular weight is 438 g/mol. The topological polar surface area (TPSA) is 90.5 Å². The Labute approximate surface area is 183 Å². The van der Waals surface area contributed by atoms with E-state index in [4.69, 9.17) is 16.3 Å². The third-order valence-electron chi connectivity index (χ3n) is 4.82. The maximum atomic E-state index is 12.9. The summed E-state index contributed by atoms with van der Waals surface area (Å²) >= 11 is 5.87. The van der Waals surface area contributed by atoms with E-state index in [2.05, 4.69) is 15.5 Å². The fourth-order valence-corrected chi connectivity index (χ4v) is 3.31. The molecule has 0 aliphatic rings. The van der Waals surface area contributed by atoms with Crippen LogP contribution in [0.4, 0.5) is 0 Å². The summed E-state index contributed by atoms with van der Waals surface area (Å²) < 4.78 is 7.82. The van der Waals surface area contributed by atoms with Crippen LogP contribution in [0, 0.1) is 6.92 Å². The van der Waals surface area contributed by atoms with Crippen LogP contribution in [0.1, 0.15) is 11.4 Å². The number of nitrogens with one attached hydrogen (secondary N) is 1. The van der Waals surface area contributed by atoms with Gasteiger partial charge in [0.25, 0.3) is 5.56 Å². The molecule has 2 aromatic carbocycles. The zero-order chi connectivity index (χ0) is 22.0. The van der Waals surface area contributed by atoms with Crippen LogP contribution >= 0.6 is 11.6 Å². The van der Waals surface area contributed by atoms with Gasteiger partial charge in [-0.15, -0.1) is 0 Å². The number of carbonyl (C=O) groups excluding carboxylic acids is 1. The minimum Gasteiger partial charge on any atom is -0.497 e. The van der Waals surface area contributed by atoms with Crippen molar-refractivity contribution < 1.29 is 9.53 Å². The van der Waals surface area contributed by atoms with Crippen molar-refractivity contribution in [3.8, 4) is 17.0 Å². The Balaban J connectivity index is 1.55.